The molecule has 0 aromatic heterocycles. The van der Waals surface area contributed by atoms with Crippen molar-refractivity contribution < 1.29 is 14.3 Å². The number of hydrogen-bond donors (Lipinski definition) is 1. The molecular formula is C35H37NO3S. The van der Waals surface area contributed by atoms with Crippen LogP contribution in [0.25, 0.3) is 11.1 Å². The minimum absolute atomic E-state index is 0.0170. The lowest BCUT2D eigenvalue weighted by Crippen LogP contribution is -2.26. The second-order valence-electron chi connectivity index (χ2n) is 10.5. The van der Waals surface area contributed by atoms with Gasteiger partial charge in [-0.2, -0.15) is 0 Å². The highest BCUT2D eigenvalue weighted by Crippen LogP contribution is 2.44. The third kappa shape index (κ3) is 6.48. The SMILES string of the molecule is CC.CC(C)(C)c1ccc(Sc2ccccc2C=O)c(CNC(=O)OCC2c3ccccc3-c3ccccc32)c1. The lowest BCUT2D eigenvalue weighted by atomic mass is 9.86. The van der Waals surface area contributed by atoms with Gasteiger partial charge in [-0.05, 0) is 50.9 Å². The number of carbonyl (C=O) groups excluding carboxylic acids is 2. The Bertz CT molecular complexity index is 1440. The Kier molecular flexibility index (Phi) is 9.49. The molecule has 0 saturated carbocycles. The largest absolute Gasteiger partial charge is 0.449 e. The average Bonchev–Trinajstić information content (AvgIpc) is 3.30. The van der Waals surface area contributed by atoms with Crippen LogP contribution in [0.2, 0.25) is 0 Å². The Morgan fingerprint density at radius 1 is 0.850 bits per heavy atom. The number of nitrogens with one attached hydrogen (secondary N) is 1. The third-order valence-electron chi connectivity index (χ3n) is 6.96. The first-order valence-corrected chi connectivity index (χ1v) is 14.6. The maximum atomic E-state index is 12.9. The highest BCUT2D eigenvalue weighted by atomic mass is 32.2. The molecule has 0 unspecified atom stereocenters. The van der Waals surface area contributed by atoms with E-state index in [1.54, 1.807) is 0 Å². The fraction of sp³-hybridized carbons (Fsp3) is 0.257. The van der Waals surface area contributed by atoms with Crippen molar-refractivity contribution in [3.8, 4) is 11.1 Å². The van der Waals surface area contributed by atoms with Crippen molar-refractivity contribution in [1.29, 1.82) is 0 Å². The Morgan fingerprint density at radius 2 is 1.45 bits per heavy atom. The van der Waals surface area contributed by atoms with Gasteiger partial charge >= 0.3 is 6.09 Å². The molecule has 0 aliphatic heterocycles. The number of hydrogen-bond acceptors (Lipinski definition) is 4. The summed E-state index contributed by atoms with van der Waals surface area (Å²) < 4.78 is 5.75. The smallest absolute Gasteiger partial charge is 0.407 e. The standard InChI is InChI=1S/C33H31NO3S.C2H6/c1-33(2,3)24-16-17-31(38-30-15-9-4-10-22(30)20-35)23(18-24)19-34-32(36)37-21-29-27-13-7-5-11-25(27)26-12-6-8-14-28(26)29;1-2/h4-18,20,29H,19,21H2,1-3H3,(H,34,36);1-2H3. The molecule has 206 valence electrons. The predicted molar refractivity (Wildman–Crippen MR) is 164 cm³/mol. The number of aldehydes is 1. The zero-order valence-corrected chi connectivity index (χ0v) is 24.7. The molecular weight excluding hydrogens is 514 g/mol. The van der Waals surface area contributed by atoms with E-state index in [-0.39, 0.29) is 17.9 Å². The molecule has 0 atom stereocenters. The normalized spacial score (nSPS) is 12.0. The summed E-state index contributed by atoms with van der Waals surface area (Å²) >= 11 is 1.53. The molecule has 40 heavy (non-hydrogen) atoms. The van der Waals surface area contributed by atoms with Crippen LogP contribution in [0, 0.1) is 0 Å². The van der Waals surface area contributed by atoms with Crippen LogP contribution in [0.1, 0.15) is 73.1 Å². The zero-order valence-electron chi connectivity index (χ0n) is 23.9. The molecule has 0 radical (unpaired) electrons. The molecule has 5 rings (SSSR count). The minimum Gasteiger partial charge on any atom is -0.449 e. The zero-order chi connectivity index (χ0) is 28.7. The summed E-state index contributed by atoms with van der Waals surface area (Å²) in [7, 11) is 0. The first-order valence-electron chi connectivity index (χ1n) is 13.8. The van der Waals surface area contributed by atoms with Crippen LogP contribution < -0.4 is 5.32 Å². The van der Waals surface area contributed by atoms with Gasteiger partial charge in [-0.1, -0.05) is 125 Å². The molecule has 5 heteroatoms. The van der Waals surface area contributed by atoms with Gasteiger partial charge in [-0.15, -0.1) is 0 Å². The molecule has 0 spiro atoms. The van der Waals surface area contributed by atoms with Crippen molar-refractivity contribution in [3.05, 3.63) is 119 Å². The van der Waals surface area contributed by atoms with E-state index in [1.807, 2.05) is 62.4 Å². The minimum atomic E-state index is -0.447. The van der Waals surface area contributed by atoms with Gasteiger partial charge in [0.05, 0.1) is 0 Å². The maximum absolute atomic E-state index is 12.9. The summed E-state index contributed by atoms with van der Waals surface area (Å²) in [6.07, 6.45) is 0.428. The number of benzene rings is 4. The van der Waals surface area contributed by atoms with Gasteiger partial charge in [0.15, 0.2) is 6.29 Å². The quantitative estimate of drug-likeness (QED) is 0.233. The number of ether oxygens (including phenoxy) is 1. The third-order valence-corrected chi connectivity index (χ3v) is 8.17. The summed E-state index contributed by atoms with van der Waals surface area (Å²) in [6.45, 7) is 11.1. The summed E-state index contributed by atoms with van der Waals surface area (Å²) in [5, 5.41) is 2.96. The van der Waals surface area contributed by atoms with Crippen LogP contribution >= 0.6 is 11.8 Å². The molecule has 1 N–H and O–H groups in total. The fourth-order valence-corrected chi connectivity index (χ4v) is 5.91. The van der Waals surface area contributed by atoms with Gasteiger partial charge in [-0.25, -0.2) is 4.79 Å². The van der Waals surface area contributed by atoms with E-state index in [0.717, 1.165) is 21.6 Å². The number of rotatable bonds is 7. The summed E-state index contributed by atoms with van der Waals surface area (Å²) in [5.41, 5.74) is 7.54. The number of carbonyl (C=O) groups is 2. The summed E-state index contributed by atoms with van der Waals surface area (Å²) in [6, 6.07) is 30.5. The monoisotopic (exact) mass is 551 g/mol. The Hall–Kier alpha value is -3.83. The maximum Gasteiger partial charge on any atom is 0.407 e. The molecule has 1 amide bonds. The van der Waals surface area contributed by atoms with Crippen LogP contribution in [0.15, 0.2) is 101 Å². The molecule has 0 heterocycles. The van der Waals surface area contributed by atoms with Crippen LogP contribution in [-0.2, 0) is 16.7 Å². The van der Waals surface area contributed by atoms with Crippen molar-refractivity contribution in [1.82, 2.24) is 5.32 Å². The van der Waals surface area contributed by atoms with Gasteiger partial charge in [0.2, 0.25) is 0 Å². The fourth-order valence-electron chi connectivity index (χ4n) is 4.89. The molecule has 4 nitrogen and oxygen atoms in total. The molecule has 0 saturated heterocycles. The molecule has 0 fully saturated rings. The van der Waals surface area contributed by atoms with Crippen LogP contribution in [0.4, 0.5) is 4.79 Å². The number of amides is 1. The lowest BCUT2D eigenvalue weighted by Gasteiger charge is -2.22. The molecule has 4 aromatic carbocycles. The van der Waals surface area contributed by atoms with E-state index < -0.39 is 6.09 Å². The van der Waals surface area contributed by atoms with E-state index in [1.165, 1.54) is 39.6 Å². The Labute approximate surface area is 242 Å². The summed E-state index contributed by atoms with van der Waals surface area (Å²) in [4.78, 5) is 26.3. The molecule has 0 bridgehead atoms. The van der Waals surface area contributed by atoms with E-state index in [2.05, 4.69) is 68.6 Å². The van der Waals surface area contributed by atoms with Gasteiger partial charge in [-0.3, -0.25) is 4.79 Å². The molecule has 1 aliphatic carbocycles. The van der Waals surface area contributed by atoms with E-state index in [0.29, 0.717) is 12.1 Å². The van der Waals surface area contributed by atoms with Crippen molar-refractivity contribution in [3.63, 3.8) is 0 Å². The van der Waals surface area contributed by atoms with Crippen LogP contribution in [0.5, 0.6) is 0 Å². The highest BCUT2D eigenvalue weighted by molar-refractivity contribution is 7.99. The van der Waals surface area contributed by atoms with Gasteiger partial charge in [0.25, 0.3) is 0 Å². The van der Waals surface area contributed by atoms with Gasteiger partial charge in [0.1, 0.15) is 6.61 Å². The lowest BCUT2D eigenvalue weighted by molar-refractivity contribution is 0.112. The molecule has 4 aromatic rings. The van der Waals surface area contributed by atoms with E-state index in [9.17, 15) is 9.59 Å². The highest BCUT2D eigenvalue weighted by Gasteiger charge is 2.29. The van der Waals surface area contributed by atoms with Crippen molar-refractivity contribution in [2.24, 2.45) is 0 Å². The summed E-state index contributed by atoms with van der Waals surface area (Å²) in [5.74, 6) is 0.0170. The molecule has 1 aliphatic rings. The topological polar surface area (TPSA) is 55.4 Å². The van der Waals surface area contributed by atoms with Gasteiger partial charge < -0.3 is 10.1 Å². The van der Waals surface area contributed by atoms with E-state index in [4.69, 9.17) is 4.74 Å². The first kappa shape index (κ1) is 29.2. The predicted octanol–water partition coefficient (Wildman–Crippen LogP) is 9.01. The number of alkyl carbamates (subject to hydrolysis) is 1. The Morgan fingerprint density at radius 3 is 2.08 bits per heavy atom. The van der Waals surface area contributed by atoms with Crippen molar-refractivity contribution in [2.75, 3.05) is 6.61 Å². The number of fused-ring (bicyclic) bond motifs is 3. The second-order valence-corrected chi connectivity index (χ2v) is 11.6. The van der Waals surface area contributed by atoms with Crippen molar-refractivity contribution in [2.45, 2.75) is 62.3 Å². The van der Waals surface area contributed by atoms with Gasteiger partial charge in [0, 0.05) is 27.8 Å². The first-order chi connectivity index (χ1) is 19.3. The van der Waals surface area contributed by atoms with Crippen LogP contribution in [-0.4, -0.2) is 19.0 Å². The van der Waals surface area contributed by atoms with Crippen LogP contribution in [0.3, 0.4) is 0 Å². The van der Waals surface area contributed by atoms with Crippen molar-refractivity contribution >= 4 is 24.1 Å². The van der Waals surface area contributed by atoms with E-state index >= 15 is 0 Å². The second kappa shape index (κ2) is 13.0. The Balaban J connectivity index is 0.00000181. The average molecular weight is 552 g/mol.